The van der Waals surface area contributed by atoms with Gasteiger partial charge in [-0.25, -0.2) is 9.18 Å². The van der Waals surface area contributed by atoms with E-state index in [-0.39, 0.29) is 28.9 Å². The molecule has 150 valence electrons. The molecule has 4 rings (SSSR count). The number of ether oxygens (including phenoxy) is 1. The van der Waals surface area contributed by atoms with Crippen LogP contribution in [0, 0.1) is 5.82 Å². The van der Waals surface area contributed by atoms with Crippen molar-refractivity contribution < 1.29 is 35.4 Å². The molecule has 0 spiro atoms. The fourth-order valence-corrected chi connectivity index (χ4v) is 4.74. The summed E-state index contributed by atoms with van der Waals surface area (Å²) < 4.78 is 21.2. The van der Waals surface area contributed by atoms with E-state index in [4.69, 9.17) is 4.74 Å². The molecule has 0 aliphatic carbocycles. The first kappa shape index (κ1) is 20.8. The van der Waals surface area contributed by atoms with E-state index >= 15 is 0 Å². The molecule has 2 aliphatic heterocycles. The summed E-state index contributed by atoms with van der Waals surface area (Å²) in [5.74, 6) is -0.367. The van der Waals surface area contributed by atoms with E-state index in [2.05, 4.69) is 19.4 Å². The Morgan fingerprint density at radius 3 is 2.32 bits per heavy atom. The summed E-state index contributed by atoms with van der Waals surface area (Å²) in [4.78, 5) is 12.5. The number of benzene rings is 2. The number of anilines is 1. The first-order valence-electron chi connectivity index (χ1n) is 9.60. The van der Waals surface area contributed by atoms with E-state index in [0.29, 0.717) is 23.3 Å². The van der Waals surface area contributed by atoms with Crippen molar-refractivity contribution in [1.29, 1.82) is 0 Å². The highest BCUT2D eigenvalue weighted by Gasteiger charge is 2.49. The Kier molecular flexibility index (Phi) is 6.10. The zero-order chi connectivity index (χ0) is 19.0. The molecule has 1 unspecified atom stereocenters. The molecule has 2 aliphatic rings. The van der Waals surface area contributed by atoms with Crippen molar-refractivity contribution in [3.05, 3.63) is 54.3 Å². The second-order valence-electron chi connectivity index (χ2n) is 8.17. The molecule has 0 saturated carbocycles. The third-order valence-corrected chi connectivity index (χ3v) is 6.37. The second-order valence-corrected chi connectivity index (χ2v) is 8.17. The van der Waals surface area contributed by atoms with Gasteiger partial charge in [-0.05, 0) is 17.7 Å². The van der Waals surface area contributed by atoms with Gasteiger partial charge in [0, 0.05) is 31.2 Å². The Morgan fingerprint density at radius 1 is 1.04 bits per heavy atom. The standard InChI is InChI=1S/C22H25FN2O2.BrH/c1-25(2)16-11-12-17(25)14-18(13-16)27-22(26)24-20-10-6-9-19(23)21(20)15-7-4-3-5-8-15;/h3-10,16-18H,11-14H2,1-2H3;1H/t16-,17+,18?;. The Labute approximate surface area is 176 Å². The van der Waals surface area contributed by atoms with Gasteiger partial charge >= 0.3 is 6.09 Å². The predicted octanol–water partition coefficient (Wildman–Crippen LogP) is 1.81. The zero-order valence-electron chi connectivity index (χ0n) is 16.2. The summed E-state index contributed by atoms with van der Waals surface area (Å²) in [7, 11) is 4.55. The highest BCUT2D eigenvalue weighted by molar-refractivity contribution is 5.91. The highest BCUT2D eigenvalue weighted by Crippen LogP contribution is 2.40. The number of hydrogen-bond acceptors (Lipinski definition) is 2. The van der Waals surface area contributed by atoms with Crippen LogP contribution in [0.1, 0.15) is 25.7 Å². The van der Waals surface area contributed by atoms with E-state index in [1.54, 1.807) is 12.1 Å². The van der Waals surface area contributed by atoms with Gasteiger partial charge in [0.1, 0.15) is 11.9 Å². The van der Waals surface area contributed by atoms with Crippen molar-refractivity contribution in [3.8, 4) is 11.1 Å². The number of carbonyl (C=O) groups excluding carboxylic acids is 1. The maximum Gasteiger partial charge on any atom is 0.411 e. The van der Waals surface area contributed by atoms with Crippen LogP contribution in [0.2, 0.25) is 0 Å². The smallest absolute Gasteiger partial charge is 0.411 e. The summed E-state index contributed by atoms with van der Waals surface area (Å²) in [6, 6.07) is 15.0. The molecule has 2 saturated heterocycles. The van der Waals surface area contributed by atoms with E-state index in [1.807, 2.05) is 30.3 Å². The summed E-state index contributed by atoms with van der Waals surface area (Å²) in [5.41, 5.74) is 1.54. The average molecular weight is 449 g/mol. The lowest BCUT2D eigenvalue weighted by atomic mass is 9.98. The first-order valence-corrected chi connectivity index (χ1v) is 9.60. The molecule has 2 aromatic carbocycles. The van der Waals surface area contributed by atoms with Crippen LogP contribution in [0.25, 0.3) is 11.1 Å². The lowest BCUT2D eigenvalue weighted by Crippen LogP contribution is -3.00. The Morgan fingerprint density at radius 2 is 1.68 bits per heavy atom. The maximum absolute atomic E-state index is 14.4. The molecule has 28 heavy (non-hydrogen) atoms. The molecule has 0 radical (unpaired) electrons. The topological polar surface area (TPSA) is 38.3 Å². The van der Waals surface area contributed by atoms with Gasteiger partial charge in [0.05, 0.1) is 31.9 Å². The van der Waals surface area contributed by atoms with Crippen LogP contribution in [0.15, 0.2) is 48.5 Å². The number of halogens is 2. The summed E-state index contributed by atoms with van der Waals surface area (Å²) in [6.07, 6.45) is 3.61. The van der Waals surface area contributed by atoms with Crippen molar-refractivity contribution in [3.63, 3.8) is 0 Å². The number of amides is 1. The number of nitrogens with one attached hydrogen (secondary N) is 1. The van der Waals surface area contributed by atoms with Crippen LogP contribution in [0.4, 0.5) is 14.9 Å². The van der Waals surface area contributed by atoms with Crippen LogP contribution in [0.5, 0.6) is 0 Å². The lowest BCUT2D eigenvalue weighted by Gasteiger charge is -2.43. The fraction of sp³-hybridized carbons (Fsp3) is 0.409. The number of fused-ring (bicyclic) bond motifs is 2. The van der Waals surface area contributed by atoms with Crippen molar-refractivity contribution in [2.24, 2.45) is 0 Å². The quantitative estimate of drug-likeness (QED) is 0.727. The predicted molar refractivity (Wildman–Crippen MR) is 104 cm³/mol. The lowest BCUT2D eigenvalue weighted by molar-refractivity contribution is -0.931. The molecule has 2 fully saturated rings. The van der Waals surface area contributed by atoms with Gasteiger partial charge in [0.2, 0.25) is 0 Å². The molecule has 1 N–H and O–H groups in total. The Hall–Kier alpha value is -1.92. The zero-order valence-corrected chi connectivity index (χ0v) is 17.8. The van der Waals surface area contributed by atoms with E-state index in [0.717, 1.165) is 22.9 Å². The van der Waals surface area contributed by atoms with Gasteiger partial charge in [0.25, 0.3) is 0 Å². The number of carbonyl (C=O) groups is 1. The minimum atomic E-state index is -0.505. The molecule has 2 aromatic rings. The Balaban J connectivity index is 0.00000225. The second kappa shape index (κ2) is 8.21. The summed E-state index contributed by atoms with van der Waals surface area (Å²) in [5, 5.41) is 2.76. The van der Waals surface area contributed by atoms with Crippen LogP contribution >= 0.6 is 0 Å². The molecule has 6 heteroatoms. The minimum Gasteiger partial charge on any atom is -1.00 e. The van der Waals surface area contributed by atoms with Crippen molar-refractivity contribution in [2.45, 2.75) is 43.9 Å². The third kappa shape index (κ3) is 3.94. The van der Waals surface area contributed by atoms with Crippen molar-refractivity contribution in [2.75, 3.05) is 19.4 Å². The monoisotopic (exact) mass is 448 g/mol. The largest absolute Gasteiger partial charge is 1.00 e. The molecular formula is C22H26BrFN2O2. The summed E-state index contributed by atoms with van der Waals surface area (Å²) in [6.45, 7) is 0. The maximum atomic E-state index is 14.4. The normalized spacial score (nSPS) is 24.9. The number of rotatable bonds is 3. The number of quaternary nitrogens is 1. The van der Waals surface area contributed by atoms with Crippen LogP contribution in [-0.4, -0.2) is 42.9 Å². The molecule has 2 bridgehead atoms. The molecule has 1 amide bonds. The number of nitrogens with zero attached hydrogens (tertiary/aromatic N) is 1. The highest BCUT2D eigenvalue weighted by atomic mass is 79.9. The number of piperidine rings is 1. The average Bonchev–Trinajstić information content (AvgIpc) is 2.80. The van der Waals surface area contributed by atoms with E-state index < -0.39 is 6.09 Å². The third-order valence-electron chi connectivity index (χ3n) is 6.37. The molecule has 2 heterocycles. The molecular weight excluding hydrogens is 423 g/mol. The van der Waals surface area contributed by atoms with Gasteiger partial charge in [0.15, 0.2) is 0 Å². The molecule has 3 atom stereocenters. The first-order chi connectivity index (χ1) is 12.9. The van der Waals surface area contributed by atoms with Crippen molar-refractivity contribution >= 4 is 11.8 Å². The van der Waals surface area contributed by atoms with Crippen LogP contribution in [-0.2, 0) is 4.74 Å². The molecule has 0 aromatic heterocycles. The fourth-order valence-electron chi connectivity index (χ4n) is 4.74. The molecule has 4 nitrogen and oxygen atoms in total. The van der Waals surface area contributed by atoms with E-state index in [1.165, 1.54) is 18.9 Å². The minimum absolute atomic E-state index is 0. The Bertz CT molecular complexity index is 828. The van der Waals surface area contributed by atoms with Crippen LogP contribution in [0.3, 0.4) is 0 Å². The van der Waals surface area contributed by atoms with Crippen LogP contribution < -0.4 is 22.3 Å². The van der Waals surface area contributed by atoms with Crippen molar-refractivity contribution in [1.82, 2.24) is 0 Å². The van der Waals surface area contributed by atoms with E-state index in [9.17, 15) is 9.18 Å². The van der Waals surface area contributed by atoms with Gasteiger partial charge in [-0.3, -0.25) is 5.32 Å². The summed E-state index contributed by atoms with van der Waals surface area (Å²) >= 11 is 0. The number of hydrogen-bond donors (Lipinski definition) is 1. The van der Waals surface area contributed by atoms with Gasteiger partial charge in [-0.2, -0.15) is 0 Å². The van der Waals surface area contributed by atoms with Gasteiger partial charge in [-0.15, -0.1) is 0 Å². The SMILES string of the molecule is C[N+]1(C)[C@@H]2CC[C@H]1CC(OC(=O)Nc1cccc(F)c1-c1ccccc1)C2.[Br-]. The van der Waals surface area contributed by atoms with Gasteiger partial charge < -0.3 is 26.2 Å². The van der Waals surface area contributed by atoms with Gasteiger partial charge in [-0.1, -0.05) is 36.4 Å².